The van der Waals surface area contributed by atoms with Crippen LogP contribution in [-0.4, -0.2) is 21.1 Å². The van der Waals surface area contributed by atoms with Gasteiger partial charge in [0.1, 0.15) is 5.56 Å². The molecule has 0 aliphatic heterocycles. The van der Waals surface area contributed by atoms with E-state index < -0.39 is 10.9 Å². The predicted molar refractivity (Wildman–Crippen MR) is 86.7 cm³/mol. The summed E-state index contributed by atoms with van der Waals surface area (Å²) in [6.45, 7) is 1.28. The zero-order valence-corrected chi connectivity index (χ0v) is 13.2. The van der Waals surface area contributed by atoms with Crippen molar-refractivity contribution < 1.29 is 18.9 Å². The van der Waals surface area contributed by atoms with Crippen LogP contribution < -0.4 is 0 Å². The molecule has 1 aromatic heterocycles. The fraction of sp³-hybridized carbons (Fsp3) is 0.118. The van der Waals surface area contributed by atoms with Crippen LogP contribution >= 0.6 is 0 Å². The van der Waals surface area contributed by atoms with Gasteiger partial charge in [-0.1, -0.05) is 30.3 Å². The molecule has 0 amide bonds. The minimum atomic E-state index is -0.824. The van der Waals surface area contributed by atoms with Gasteiger partial charge in [0, 0.05) is 11.1 Å². The van der Waals surface area contributed by atoms with E-state index in [9.17, 15) is 14.9 Å². The molecule has 8 heteroatoms. The lowest BCUT2D eigenvalue weighted by Crippen LogP contribution is -2.09. The molecule has 0 bridgehead atoms. The van der Waals surface area contributed by atoms with Crippen molar-refractivity contribution in [3.63, 3.8) is 0 Å². The van der Waals surface area contributed by atoms with Crippen LogP contribution in [0.25, 0.3) is 11.5 Å². The van der Waals surface area contributed by atoms with E-state index in [1.807, 2.05) is 18.2 Å². The Morgan fingerprint density at radius 2 is 1.92 bits per heavy atom. The SMILES string of the molecule is Cc1cccc(C(=O)OCc2nnc(-c3ccccc3)o2)c1[N+](=O)[O-]. The molecule has 0 fully saturated rings. The maximum Gasteiger partial charge on any atom is 0.345 e. The number of hydrogen-bond acceptors (Lipinski definition) is 7. The van der Waals surface area contributed by atoms with Gasteiger partial charge in [-0.3, -0.25) is 10.1 Å². The summed E-state index contributed by atoms with van der Waals surface area (Å²) in [4.78, 5) is 22.7. The van der Waals surface area contributed by atoms with Gasteiger partial charge in [0.25, 0.3) is 11.6 Å². The van der Waals surface area contributed by atoms with E-state index in [0.29, 0.717) is 11.5 Å². The first kappa shape index (κ1) is 16.3. The molecular weight excluding hydrogens is 326 g/mol. The van der Waals surface area contributed by atoms with Gasteiger partial charge in [0.05, 0.1) is 4.92 Å². The Hall–Kier alpha value is -3.55. The molecule has 0 unspecified atom stereocenters. The smallest absolute Gasteiger partial charge is 0.345 e. The monoisotopic (exact) mass is 339 g/mol. The number of hydrogen-bond donors (Lipinski definition) is 0. The van der Waals surface area contributed by atoms with Crippen LogP contribution in [0.1, 0.15) is 21.8 Å². The van der Waals surface area contributed by atoms with Gasteiger partial charge in [-0.25, -0.2) is 4.79 Å². The van der Waals surface area contributed by atoms with Crippen molar-refractivity contribution in [1.82, 2.24) is 10.2 Å². The lowest BCUT2D eigenvalue weighted by molar-refractivity contribution is -0.385. The summed E-state index contributed by atoms with van der Waals surface area (Å²) in [7, 11) is 0. The number of benzene rings is 2. The van der Waals surface area contributed by atoms with E-state index in [4.69, 9.17) is 9.15 Å². The number of rotatable bonds is 5. The first-order chi connectivity index (χ1) is 12.1. The highest BCUT2D eigenvalue weighted by molar-refractivity contribution is 5.94. The lowest BCUT2D eigenvalue weighted by Gasteiger charge is -2.04. The Kier molecular flexibility index (Phi) is 4.51. The summed E-state index contributed by atoms with van der Waals surface area (Å²) in [5.74, 6) is -0.425. The minimum Gasteiger partial charge on any atom is -0.452 e. The zero-order valence-electron chi connectivity index (χ0n) is 13.2. The maximum absolute atomic E-state index is 12.2. The van der Waals surface area contributed by atoms with Crippen LogP contribution in [-0.2, 0) is 11.3 Å². The number of aryl methyl sites for hydroxylation is 1. The second-order valence-electron chi connectivity index (χ2n) is 5.17. The Morgan fingerprint density at radius 1 is 1.16 bits per heavy atom. The lowest BCUT2D eigenvalue weighted by atomic mass is 10.1. The first-order valence-corrected chi connectivity index (χ1v) is 7.35. The van der Waals surface area contributed by atoms with Crippen molar-refractivity contribution in [2.45, 2.75) is 13.5 Å². The number of carbonyl (C=O) groups is 1. The number of ether oxygens (including phenoxy) is 1. The fourth-order valence-corrected chi connectivity index (χ4v) is 2.28. The molecular formula is C17H13N3O5. The van der Waals surface area contributed by atoms with Crippen molar-refractivity contribution >= 4 is 11.7 Å². The molecule has 3 rings (SSSR count). The van der Waals surface area contributed by atoms with Gasteiger partial charge in [-0.15, -0.1) is 10.2 Å². The third-order valence-electron chi connectivity index (χ3n) is 3.45. The van der Waals surface area contributed by atoms with E-state index in [-0.39, 0.29) is 23.7 Å². The van der Waals surface area contributed by atoms with Crippen LogP contribution in [0.2, 0.25) is 0 Å². The highest BCUT2D eigenvalue weighted by atomic mass is 16.6. The normalized spacial score (nSPS) is 10.4. The van der Waals surface area contributed by atoms with Gasteiger partial charge in [0.15, 0.2) is 6.61 Å². The average molecular weight is 339 g/mol. The number of para-hydroxylation sites is 1. The molecule has 8 nitrogen and oxygen atoms in total. The summed E-state index contributed by atoms with van der Waals surface area (Å²) in [6.07, 6.45) is 0. The highest BCUT2D eigenvalue weighted by Gasteiger charge is 2.24. The number of nitro benzene ring substituents is 1. The van der Waals surface area contributed by atoms with E-state index in [1.54, 1.807) is 31.2 Å². The van der Waals surface area contributed by atoms with E-state index in [0.717, 1.165) is 5.56 Å². The van der Waals surface area contributed by atoms with Gasteiger partial charge in [0.2, 0.25) is 5.89 Å². The Bertz CT molecular complexity index is 921. The molecule has 2 aromatic carbocycles. The van der Waals surface area contributed by atoms with Crippen molar-refractivity contribution in [3.05, 3.63) is 75.7 Å². The number of nitro groups is 1. The van der Waals surface area contributed by atoms with E-state index >= 15 is 0 Å². The second kappa shape index (κ2) is 6.91. The highest BCUT2D eigenvalue weighted by Crippen LogP contribution is 2.24. The molecule has 0 radical (unpaired) electrons. The molecule has 1 heterocycles. The number of esters is 1. The molecule has 25 heavy (non-hydrogen) atoms. The van der Waals surface area contributed by atoms with Crippen molar-refractivity contribution in [1.29, 1.82) is 0 Å². The zero-order chi connectivity index (χ0) is 17.8. The number of carbonyl (C=O) groups excluding carboxylic acids is 1. The molecule has 126 valence electrons. The third-order valence-corrected chi connectivity index (χ3v) is 3.45. The Morgan fingerprint density at radius 3 is 2.64 bits per heavy atom. The summed E-state index contributed by atoms with van der Waals surface area (Å²) < 4.78 is 10.5. The largest absolute Gasteiger partial charge is 0.452 e. The molecule has 0 spiro atoms. The summed E-state index contributed by atoms with van der Waals surface area (Å²) >= 11 is 0. The molecule has 0 saturated heterocycles. The second-order valence-corrected chi connectivity index (χ2v) is 5.17. The quantitative estimate of drug-likeness (QED) is 0.398. The summed E-state index contributed by atoms with van der Waals surface area (Å²) in [5, 5.41) is 18.8. The van der Waals surface area contributed by atoms with Crippen LogP contribution in [0, 0.1) is 17.0 Å². The van der Waals surface area contributed by atoms with Crippen LogP contribution in [0.5, 0.6) is 0 Å². The van der Waals surface area contributed by atoms with E-state index in [1.165, 1.54) is 6.07 Å². The molecule has 0 atom stereocenters. The third kappa shape index (κ3) is 3.52. The van der Waals surface area contributed by atoms with Gasteiger partial charge >= 0.3 is 5.97 Å². The average Bonchev–Trinajstić information content (AvgIpc) is 3.09. The standard InChI is InChI=1S/C17H13N3O5/c1-11-6-5-9-13(15(11)20(22)23)17(21)24-10-14-18-19-16(25-14)12-7-3-2-4-8-12/h2-9H,10H2,1H3. The Labute approximate surface area is 142 Å². The maximum atomic E-state index is 12.2. The van der Waals surface area contributed by atoms with Crippen LogP contribution in [0.4, 0.5) is 5.69 Å². The van der Waals surface area contributed by atoms with Crippen LogP contribution in [0.15, 0.2) is 52.9 Å². The Balaban J connectivity index is 1.73. The van der Waals surface area contributed by atoms with Gasteiger partial charge in [-0.05, 0) is 25.1 Å². The first-order valence-electron chi connectivity index (χ1n) is 7.35. The van der Waals surface area contributed by atoms with Crippen LogP contribution in [0.3, 0.4) is 0 Å². The van der Waals surface area contributed by atoms with Crippen molar-refractivity contribution in [2.24, 2.45) is 0 Å². The summed E-state index contributed by atoms with van der Waals surface area (Å²) in [6, 6.07) is 13.6. The van der Waals surface area contributed by atoms with Crippen molar-refractivity contribution in [2.75, 3.05) is 0 Å². The molecule has 0 aliphatic carbocycles. The predicted octanol–water partition coefficient (Wildman–Crippen LogP) is 3.31. The minimum absolute atomic E-state index is 0.0995. The van der Waals surface area contributed by atoms with Gasteiger partial charge < -0.3 is 9.15 Å². The van der Waals surface area contributed by atoms with E-state index in [2.05, 4.69) is 10.2 Å². The molecule has 0 N–H and O–H groups in total. The number of nitrogens with zero attached hydrogens (tertiary/aromatic N) is 3. The van der Waals surface area contributed by atoms with Crippen molar-refractivity contribution in [3.8, 4) is 11.5 Å². The molecule has 0 aliphatic rings. The topological polar surface area (TPSA) is 108 Å². The summed E-state index contributed by atoms with van der Waals surface area (Å²) in [5.41, 5.74) is 0.723. The number of aromatic nitrogens is 2. The fourth-order valence-electron chi connectivity index (χ4n) is 2.28. The molecule has 3 aromatic rings. The van der Waals surface area contributed by atoms with Gasteiger partial charge in [-0.2, -0.15) is 0 Å². The molecule has 0 saturated carbocycles.